The van der Waals surface area contributed by atoms with Crippen molar-refractivity contribution in [2.75, 3.05) is 25.0 Å². The lowest BCUT2D eigenvalue weighted by Gasteiger charge is -2.25. The lowest BCUT2D eigenvalue weighted by atomic mass is 10.1. The molecule has 2 aliphatic rings. The molecule has 1 fully saturated rings. The van der Waals surface area contributed by atoms with Crippen LogP contribution in [0.5, 0.6) is 5.75 Å². The minimum Gasteiger partial charge on any atom is -0.489 e. The molecule has 3 nitrogen and oxygen atoms in total. The molecule has 3 rings (SSSR count). The molecule has 18 heavy (non-hydrogen) atoms. The molecule has 0 bridgehead atoms. The first-order chi connectivity index (χ1) is 8.88. The van der Waals surface area contributed by atoms with Gasteiger partial charge in [-0.15, -0.1) is 6.58 Å². The van der Waals surface area contributed by atoms with Crippen LogP contribution in [-0.4, -0.2) is 30.6 Å². The van der Waals surface area contributed by atoms with Gasteiger partial charge in [-0.05, 0) is 18.9 Å². The molecule has 96 valence electrons. The first-order valence-corrected chi connectivity index (χ1v) is 6.72. The SMILES string of the molecule is C=CCN(Cc1cccc2c1OCCN2)C1CC1. The van der Waals surface area contributed by atoms with Crippen LogP contribution < -0.4 is 10.1 Å². The van der Waals surface area contributed by atoms with Crippen molar-refractivity contribution in [3.05, 3.63) is 36.4 Å². The minimum absolute atomic E-state index is 0.746. The standard InChI is InChI=1S/C15H20N2O/c1-2-9-17(13-6-7-13)11-12-4-3-5-14-15(12)18-10-8-16-14/h2-5,13,16H,1,6-11H2. The second kappa shape index (κ2) is 5.02. The highest BCUT2D eigenvalue weighted by atomic mass is 16.5. The van der Waals surface area contributed by atoms with Crippen LogP contribution >= 0.6 is 0 Å². The second-order valence-corrected chi connectivity index (χ2v) is 5.02. The molecule has 1 saturated carbocycles. The van der Waals surface area contributed by atoms with Crippen LogP contribution in [0.1, 0.15) is 18.4 Å². The molecule has 0 atom stereocenters. The molecule has 1 heterocycles. The van der Waals surface area contributed by atoms with Gasteiger partial charge in [0.15, 0.2) is 0 Å². The van der Waals surface area contributed by atoms with Gasteiger partial charge in [0.25, 0.3) is 0 Å². The summed E-state index contributed by atoms with van der Waals surface area (Å²) < 4.78 is 5.82. The van der Waals surface area contributed by atoms with Crippen molar-refractivity contribution in [1.82, 2.24) is 4.90 Å². The normalized spacial score (nSPS) is 17.8. The van der Waals surface area contributed by atoms with Crippen LogP contribution in [-0.2, 0) is 6.54 Å². The molecular formula is C15H20N2O. The van der Waals surface area contributed by atoms with Crippen LogP contribution in [0.4, 0.5) is 5.69 Å². The fourth-order valence-electron chi connectivity index (χ4n) is 2.52. The zero-order valence-corrected chi connectivity index (χ0v) is 10.7. The quantitative estimate of drug-likeness (QED) is 0.806. The Morgan fingerprint density at radius 1 is 1.44 bits per heavy atom. The predicted octanol–water partition coefficient (Wildman–Crippen LogP) is 2.64. The Bertz CT molecular complexity index is 440. The van der Waals surface area contributed by atoms with E-state index in [9.17, 15) is 0 Å². The third-order valence-electron chi connectivity index (χ3n) is 3.56. The average molecular weight is 244 g/mol. The van der Waals surface area contributed by atoms with Gasteiger partial charge in [-0.2, -0.15) is 0 Å². The van der Waals surface area contributed by atoms with E-state index in [-0.39, 0.29) is 0 Å². The van der Waals surface area contributed by atoms with Gasteiger partial charge in [0.05, 0.1) is 5.69 Å². The van der Waals surface area contributed by atoms with Gasteiger partial charge in [-0.3, -0.25) is 4.90 Å². The molecule has 1 aromatic rings. The number of fused-ring (bicyclic) bond motifs is 1. The van der Waals surface area contributed by atoms with E-state index in [0.717, 1.165) is 43.7 Å². The number of hydrogen-bond donors (Lipinski definition) is 1. The summed E-state index contributed by atoms with van der Waals surface area (Å²) in [5, 5.41) is 3.39. The van der Waals surface area contributed by atoms with E-state index < -0.39 is 0 Å². The molecule has 1 aliphatic heterocycles. The molecule has 1 N–H and O–H groups in total. The van der Waals surface area contributed by atoms with Gasteiger partial charge in [-0.1, -0.05) is 18.2 Å². The first kappa shape index (κ1) is 11.6. The van der Waals surface area contributed by atoms with Gasteiger partial charge in [0.1, 0.15) is 12.4 Å². The van der Waals surface area contributed by atoms with Crippen molar-refractivity contribution in [2.24, 2.45) is 0 Å². The molecule has 0 unspecified atom stereocenters. The summed E-state index contributed by atoms with van der Waals surface area (Å²) in [5.74, 6) is 1.04. The van der Waals surface area contributed by atoms with E-state index in [1.165, 1.54) is 18.4 Å². The van der Waals surface area contributed by atoms with Crippen molar-refractivity contribution in [1.29, 1.82) is 0 Å². The van der Waals surface area contributed by atoms with Crippen molar-refractivity contribution in [3.63, 3.8) is 0 Å². The molecule has 0 amide bonds. The van der Waals surface area contributed by atoms with E-state index in [0.29, 0.717) is 0 Å². The van der Waals surface area contributed by atoms with Gasteiger partial charge < -0.3 is 10.1 Å². The Kier molecular flexibility index (Phi) is 3.24. The number of ether oxygens (including phenoxy) is 1. The number of hydrogen-bond acceptors (Lipinski definition) is 3. The Hall–Kier alpha value is -1.48. The van der Waals surface area contributed by atoms with Crippen LogP contribution in [0, 0.1) is 0 Å². The maximum absolute atomic E-state index is 5.82. The first-order valence-electron chi connectivity index (χ1n) is 6.72. The van der Waals surface area contributed by atoms with Gasteiger partial charge in [-0.25, -0.2) is 0 Å². The van der Waals surface area contributed by atoms with Gasteiger partial charge >= 0.3 is 0 Å². The largest absolute Gasteiger partial charge is 0.489 e. The molecular weight excluding hydrogens is 224 g/mol. The summed E-state index contributed by atoms with van der Waals surface area (Å²) in [7, 11) is 0. The third-order valence-corrected chi connectivity index (χ3v) is 3.56. The van der Waals surface area contributed by atoms with Gasteiger partial charge in [0.2, 0.25) is 0 Å². The number of rotatable bonds is 5. The van der Waals surface area contributed by atoms with Crippen LogP contribution in [0.2, 0.25) is 0 Å². The highest BCUT2D eigenvalue weighted by molar-refractivity contribution is 5.61. The van der Waals surface area contributed by atoms with E-state index in [4.69, 9.17) is 4.74 Å². The summed E-state index contributed by atoms with van der Waals surface area (Å²) in [6.07, 6.45) is 4.64. The lowest BCUT2D eigenvalue weighted by molar-refractivity contribution is 0.269. The molecule has 0 spiro atoms. The van der Waals surface area contributed by atoms with Gasteiger partial charge in [0, 0.05) is 31.2 Å². The van der Waals surface area contributed by atoms with E-state index in [1.807, 2.05) is 6.08 Å². The number of benzene rings is 1. The van der Waals surface area contributed by atoms with Crippen LogP contribution in [0.3, 0.4) is 0 Å². The number of nitrogens with one attached hydrogen (secondary N) is 1. The van der Waals surface area contributed by atoms with Crippen LogP contribution in [0.15, 0.2) is 30.9 Å². The van der Waals surface area contributed by atoms with Crippen molar-refractivity contribution in [2.45, 2.75) is 25.4 Å². The summed E-state index contributed by atoms with van der Waals surface area (Å²) >= 11 is 0. The fourth-order valence-corrected chi connectivity index (χ4v) is 2.52. The molecule has 0 radical (unpaired) electrons. The van der Waals surface area contributed by atoms with Crippen molar-refractivity contribution in [3.8, 4) is 5.75 Å². The van der Waals surface area contributed by atoms with E-state index >= 15 is 0 Å². The van der Waals surface area contributed by atoms with E-state index in [1.54, 1.807) is 0 Å². The topological polar surface area (TPSA) is 24.5 Å². The maximum Gasteiger partial charge on any atom is 0.146 e. The third kappa shape index (κ3) is 2.36. The van der Waals surface area contributed by atoms with Crippen molar-refractivity contribution >= 4 is 5.69 Å². The smallest absolute Gasteiger partial charge is 0.146 e. The molecule has 0 aromatic heterocycles. The summed E-state index contributed by atoms with van der Waals surface area (Å²) in [4.78, 5) is 2.49. The highest BCUT2D eigenvalue weighted by Crippen LogP contribution is 2.34. The molecule has 1 aromatic carbocycles. The zero-order valence-electron chi connectivity index (χ0n) is 10.7. The second-order valence-electron chi connectivity index (χ2n) is 5.02. The number of nitrogens with zero attached hydrogens (tertiary/aromatic N) is 1. The van der Waals surface area contributed by atoms with Crippen LogP contribution in [0.25, 0.3) is 0 Å². The Morgan fingerprint density at radius 2 is 2.33 bits per heavy atom. The lowest BCUT2D eigenvalue weighted by Crippen LogP contribution is -2.27. The Balaban J connectivity index is 1.80. The van der Waals surface area contributed by atoms with E-state index in [2.05, 4.69) is 35.0 Å². The maximum atomic E-state index is 5.82. The summed E-state index contributed by atoms with van der Waals surface area (Å²) in [6, 6.07) is 7.11. The number of para-hydroxylation sites is 1. The highest BCUT2D eigenvalue weighted by Gasteiger charge is 2.29. The monoisotopic (exact) mass is 244 g/mol. The Labute approximate surface area is 108 Å². The van der Waals surface area contributed by atoms with Crippen molar-refractivity contribution < 1.29 is 4.74 Å². The number of anilines is 1. The molecule has 3 heteroatoms. The predicted molar refractivity (Wildman–Crippen MR) is 74.1 cm³/mol. The molecule has 1 aliphatic carbocycles. The average Bonchev–Trinajstić information content (AvgIpc) is 3.23. The Morgan fingerprint density at radius 3 is 3.11 bits per heavy atom. The summed E-state index contributed by atoms with van der Waals surface area (Å²) in [6.45, 7) is 7.43. The molecule has 0 saturated heterocycles. The zero-order chi connectivity index (χ0) is 12.4. The minimum atomic E-state index is 0.746. The fraction of sp³-hybridized carbons (Fsp3) is 0.467. The summed E-state index contributed by atoms with van der Waals surface area (Å²) in [5.41, 5.74) is 2.42.